The predicted molar refractivity (Wildman–Crippen MR) is 114 cm³/mol. The van der Waals surface area contributed by atoms with Gasteiger partial charge in [-0.2, -0.15) is 0 Å². The minimum Gasteiger partial charge on any atom is -0.341 e. The van der Waals surface area contributed by atoms with Crippen molar-refractivity contribution in [2.24, 2.45) is 5.92 Å². The number of anilines is 1. The van der Waals surface area contributed by atoms with E-state index in [-0.39, 0.29) is 5.54 Å². The Hall–Kier alpha value is -1.69. The highest BCUT2D eigenvalue weighted by Crippen LogP contribution is 2.41. The second-order valence-corrected chi connectivity index (χ2v) is 9.86. The Labute approximate surface area is 171 Å². The number of hydrogen-bond acceptors (Lipinski definition) is 5. The first kappa shape index (κ1) is 18.3. The molecular formula is C22H30N4OS. The summed E-state index contributed by atoms with van der Waals surface area (Å²) in [7, 11) is 0. The summed E-state index contributed by atoms with van der Waals surface area (Å²) < 4.78 is 1.15. The Morgan fingerprint density at radius 2 is 2.00 bits per heavy atom. The van der Waals surface area contributed by atoms with Gasteiger partial charge in [0.25, 0.3) is 0 Å². The van der Waals surface area contributed by atoms with Crippen LogP contribution in [0.5, 0.6) is 0 Å². The molecule has 2 aliphatic heterocycles. The molecule has 1 amide bonds. The van der Waals surface area contributed by atoms with Gasteiger partial charge < -0.3 is 9.80 Å². The van der Waals surface area contributed by atoms with Crippen molar-refractivity contribution in [3.8, 4) is 0 Å². The van der Waals surface area contributed by atoms with Gasteiger partial charge in [-0.25, -0.2) is 9.97 Å². The Balaban J connectivity index is 1.32. The van der Waals surface area contributed by atoms with E-state index in [0.717, 1.165) is 73.8 Å². The Morgan fingerprint density at radius 1 is 1.11 bits per heavy atom. The molecule has 0 radical (unpaired) electrons. The molecule has 2 aromatic rings. The molecule has 4 heterocycles. The zero-order valence-corrected chi connectivity index (χ0v) is 17.4. The molecule has 3 fully saturated rings. The molecule has 5 rings (SSSR count). The van der Waals surface area contributed by atoms with Gasteiger partial charge in [-0.1, -0.05) is 19.3 Å². The molecule has 0 N–H and O–H groups in total. The fourth-order valence-electron chi connectivity index (χ4n) is 5.60. The first-order valence-electron chi connectivity index (χ1n) is 11.0. The zero-order valence-electron chi connectivity index (χ0n) is 16.6. The summed E-state index contributed by atoms with van der Waals surface area (Å²) in [6, 6.07) is 2.08. The molecule has 0 aromatic carbocycles. The Bertz CT molecular complexity index is 846. The first-order valence-corrected chi connectivity index (χ1v) is 11.9. The number of amides is 1. The molecule has 1 atom stereocenters. The number of carbonyl (C=O) groups excluding carboxylic acids is 1. The van der Waals surface area contributed by atoms with Crippen molar-refractivity contribution in [3.63, 3.8) is 0 Å². The van der Waals surface area contributed by atoms with E-state index in [1.165, 1.54) is 32.1 Å². The lowest BCUT2D eigenvalue weighted by molar-refractivity contribution is -0.132. The van der Waals surface area contributed by atoms with Crippen molar-refractivity contribution in [2.75, 3.05) is 24.5 Å². The summed E-state index contributed by atoms with van der Waals surface area (Å²) in [5.41, 5.74) is 1.12. The molecule has 1 saturated carbocycles. The summed E-state index contributed by atoms with van der Waals surface area (Å²) in [6.45, 7) is 2.93. The molecule has 6 heteroatoms. The molecular weight excluding hydrogens is 368 g/mol. The normalized spacial score (nSPS) is 27.1. The maximum Gasteiger partial charge on any atom is 0.225 e. The van der Waals surface area contributed by atoms with E-state index in [0.29, 0.717) is 5.91 Å². The smallest absolute Gasteiger partial charge is 0.225 e. The second kappa shape index (κ2) is 7.62. The summed E-state index contributed by atoms with van der Waals surface area (Å²) >= 11 is 1.69. The van der Waals surface area contributed by atoms with Crippen LogP contribution in [0.15, 0.2) is 17.6 Å². The highest BCUT2D eigenvalue weighted by molar-refractivity contribution is 7.17. The number of nitrogens with zero attached hydrogens (tertiary/aromatic N) is 4. The molecule has 5 nitrogen and oxygen atoms in total. The van der Waals surface area contributed by atoms with E-state index in [9.17, 15) is 4.79 Å². The van der Waals surface area contributed by atoms with Crippen LogP contribution in [0.2, 0.25) is 0 Å². The first-order chi connectivity index (χ1) is 13.7. The number of likely N-dealkylation sites (tertiary alicyclic amines) is 1. The van der Waals surface area contributed by atoms with Crippen LogP contribution in [0.3, 0.4) is 0 Å². The van der Waals surface area contributed by atoms with Gasteiger partial charge >= 0.3 is 0 Å². The van der Waals surface area contributed by atoms with Crippen molar-refractivity contribution < 1.29 is 4.79 Å². The minimum atomic E-state index is 0.0791. The van der Waals surface area contributed by atoms with Gasteiger partial charge in [-0.15, -0.1) is 11.3 Å². The van der Waals surface area contributed by atoms with Crippen molar-refractivity contribution in [1.82, 2.24) is 14.9 Å². The molecule has 1 aliphatic carbocycles. The van der Waals surface area contributed by atoms with Crippen molar-refractivity contribution in [3.05, 3.63) is 17.6 Å². The third-order valence-corrected chi connectivity index (χ3v) is 8.08. The maximum absolute atomic E-state index is 12.8. The highest BCUT2D eigenvalue weighted by Gasteiger charge is 2.46. The predicted octanol–water partition coefficient (Wildman–Crippen LogP) is 4.62. The van der Waals surface area contributed by atoms with Crippen LogP contribution in [-0.4, -0.2) is 45.9 Å². The fraction of sp³-hybridized carbons (Fsp3) is 0.682. The lowest BCUT2D eigenvalue weighted by Crippen LogP contribution is -2.48. The minimum absolute atomic E-state index is 0.0791. The largest absolute Gasteiger partial charge is 0.341 e. The average Bonchev–Trinajstić information content (AvgIpc) is 3.23. The van der Waals surface area contributed by atoms with Gasteiger partial charge in [0.15, 0.2) is 0 Å². The van der Waals surface area contributed by atoms with Crippen molar-refractivity contribution >= 4 is 33.4 Å². The Kier molecular flexibility index (Phi) is 4.99. The van der Waals surface area contributed by atoms with Gasteiger partial charge in [0.2, 0.25) is 11.9 Å². The molecule has 2 saturated heterocycles. The quantitative estimate of drug-likeness (QED) is 0.757. The van der Waals surface area contributed by atoms with Crippen LogP contribution in [-0.2, 0) is 4.79 Å². The van der Waals surface area contributed by atoms with E-state index in [2.05, 4.69) is 26.2 Å². The second-order valence-electron chi connectivity index (χ2n) is 8.91. The number of fused-ring (bicyclic) bond motifs is 1. The number of aromatic nitrogens is 2. The molecule has 0 unspecified atom stereocenters. The number of carbonyl (C=O) groups is 1. The number of rotatable bonds is 3. The van der Waals surface area contributed by atoms with Gasteiger partial charge in [0.05, 0.1) is 16.4 Å². The standard InChI is InChI=1S/C22H30N4OS/c27-20-7-10-22(26(20)16-17-5-2-1-3-6-17)9-4-12-25(13-11-22)21-23-15-19-18(24-21)8-14-28-19/h8,14-15,17H,1-7,9-13,16H2/t22-/m1/s1. The highest BCUT2D eigenvalue weighted by atomic mass is 32.1. The Morgan fingerprint density at radius 3 is 2.89 bits per heavy atom. The molecule has 1 spiro atoms. The summed E-state index contributed by atoms with van der Waals surface area (Å²) in [5.74, 6) is 1.97. The van der Waals surface area contributed by atoms with Crippen LogP contribution in [0.1, 0.15) is 64.2 Å². The maximum atomic E-state index is 12.8. The van der Waals surface area contributed by atoms with Gasteiger partial charge in [-0.3, -0.25) is 4.79 Å². The third-order valence-electron chi connectivity index (χ3n) is 7.23. The van der Waals surface area contributed by atoms with Crippen LogP contribution in [0.25, 0.3) is 10.2 Å². The number of hydrogen-bond donors (Lipinski definition) is 0. The molecule has 3 aliphatic rings. The monoisotopic (exact) mass is 398 g/mol. The van der Waals surface area contributed by atoms with Crippen LogP contribution >= 0.6 is 11.3 Å². The zero-order chi connectivity index (χ0) is 19.0. The third kappa shape index (κ3) is 3.40. The van der Waals surface area contributed by atoms with E-state index in [1.807, 2.05) is 6.20 Å². The summed E-state index contributed by atoms with van der Waals surface area (Å²) in [4.78, 5) is 26.9. The summed E-state index contributed by atoms with van der Waals surface area (Å²) in [5, 5.41) is 2.08. The fourth-order valence-corrected chi connectivity index (χ4v) is 6.30. The molecule has 0 bridgehead atoms. The van der Waals surface area contributed by atoms with Gasteiger partial charge in [0.1, 0.15) is 0 Å². The lowest BCUT2D eigenvalue weighted by atomic mass is 9.84. The SMILES string of the molecule is O=C1CC[C@@]2(CCCN(c3ncc4sccc4n3)CC2)N1CC1CCCCC1. The van der Waals surface area contributed by atoms with Crippen LogP contribution < -0.4 is 4.90 Å². The number of thiophene rings is 1. The van der Waals surface area contributed by atoms with Crippen LogP contribution in [0, 0.1) is 5.92 Å². The summed E-state index contributed by atoms with van der Waals surface area (Å²) in [6.07, 6.45) is 13.7. The van der Waals surface area contributed by atoms with Gasteiger partial charge in [-0.05, 0) is 55.9 Å². The van der Waals surface area contributed by atoms with Gasteiger partial charge in [0, 0.05) is 31.6 Å². The molecule has 28 heavy (non-hydrogen) atoms. The van der Waals surface area contributed by atoms with E-state index in [1.54, 1.807) is 11.3 Å². The average molecular weight is 399 g/mol. The van der Waals surface area contributed by atoms with E-state index in [4.69, 9.17) is 4.98 Å². The van der Waals surface area contributed by atoms with Crippen molar-refractivity contribution in [1.29, 1.82) is 0 Å². The van der Waals surface area contributed by atoms with Crippen molar-refractivity contribution in [2.45, 2.75) is 69.7 Å². The van der Waals surface area contributed by atoms with E-state index < -0.39 is 0 Å². The molecule has 2 aromatic heterocycles. The van der Waals surface area contributed by atoms with Crippen LogP contribution in [0.4, 0.5) is 5.95 Å². The lowest BCUT2D eigenvalue weighted by Gasteiger charge is -2.40. The topological polar surface area (TPSA) is 49.3 Å². The molecule has 150 valence electrons. The van der Waals surface area contributed by atoms with E-state index >= 15 is 0 Å².